The summed E-state index contributed by atoms with van der Waals surface area (Å²) in [5, 5.41) is 0. The quantitative estimate of drug-likeness (QED) is 0.676. The van der Waals surface area contributed by atoms with E-state index in [-0.39, 0.29) is 5.82 Å². The van der Waals surface area contributed by atoms with Gasteiger partial charge in [-0.1, -0.05) is 0 Å². The number of carbonyl (C=O) groups is 1. The number of aryl methyl sites for hydroxylation is 1. The summed E-state index contributed by atoms with van der Waals surface area (Å²) >= 11 is 3.24. The van der Waals surface area contributed by atoms with Crippen LogP contribution in [0.4, 0.5) is 5.82 Å². The van der Waals surface area contributed by atoms with Crippen LogP contribution in [0.15, 0.2) is 10.7 Å². The number of nitrogens with zero attached hydrogens (tertiary/aromatic N) is 2. The number of hydrogen-bond donors (Lipinski definition) is 1. The van der Waals surface area contributed by atoms with Crippen LogP contribution < -0.4 is 5.73 Å². The van der Waals surface area contributed by atoms with Gasteiger partial charge in [-0.2, -0.15) is 0 Å². The van der Waals surface area contributed by atoms with Gasteiger partial charge in [-0.25, -0.2) is 14.8 Å². The number of esters is 1. The van der Waals surface area contributed by atoms with Crippen LogP contribution in [0.2, 0.25) is 0 Å². The summed E-state index contributed by atoms with van der Waals surface area (Å²) in [4.78, 5) is 19.3. The van der Waals surface area contributed by atoms with Crippen molar-refractivity contribution in [3.63, 3.8) is 0 Å². The average molecular weight is 286 g/mol. The van der Waals surface area contributed by atoms with Crippen molar-refractivity contribution in [3.05, 3.63) is 22.1 Å². The summed E-state index contributed by atoms with van der Waals surface area (Å²) in [6, 6.07) is 0. The molecule has 0 aliphatic carbocycles. The third-order valence-electron chi connectivity index (χ3n) is 1.73. The first kappa shape index (κ1) is 12.6. The smallest absolute Gasteiger partial charge is 0.330 e. The second-order valence-electron chi connectivity index (χ2n) is 2.96. The Hall–Kier alpha value is -1.43. The summed E-state index contributed by atoms with van der Waals surface area (Å²) in [6.45, 7) is 3.86. The van der Waals surface area contributed by atoms with Crippen molar-refractivity contribution in [2.75, 3.05) is 12.3 Å². The molecule has 16 heavy (non-hydrogen) atoms. The first-order valence-corrected chi connectivity index (χ1v) is 5.48. The van der Waals surface area contributed by atoms with Crippen LogP contribution in [-0.2, 0) is 9.53 Å². The molecule has 0 unspecified atom stereocenters. The molecule has 1 aromatic rings. The second-order valence-corrected chi connectivity index (χ2v) is 3.71. The Morgan fingerprint density at radius 2 is 2.25 bits per heavy atom. The molecule has 0 atom stereocenters. The van der Waals surface area contributed by atoms with Gasteiger partial charge in [0.15, 0.2) is 0 Å². The van der Waals surface area contributed by atoms with Gasteiger partial charge < -0.3 is 10.5 Å². The van der Waals surface area contributed by atoms with Crippen molar-refractivity contribution in [2.24, 2.45) is 0 Å². The maximum absolute atomic E-state index is 11.1. The molecule has 0 amide bonds. The van der Waals surface area contributed by atoms with Crippen LogP contribution >= 0.6 is 15.9 Å². The third-order valence-corrected chi connectivity index (χ3v) is 2.48. The number of rotatable bonds is 3. The first-order valence-electron chi connectivity index (χ1n) is 4.69. The van der Waals surface area contributed by atoms with E-state index in [1.54, 1.807) is 13.8 Å². The Kier molecular flexibility index (Phi) is 4.42. The molecule has 0 aliphatic heterocycles. The van der Waals surface area contributed by atoms with Gasteiger partial charge in [0.25, 0.3) is 0 Å². The van der Waals surface area contributed by atoms with Crippen molar-refractivity contribution in [1.82, 2.24) is 9.97 Å². The van der Waals surface area contributed by atoms with E-state index in [1.165, 1.54) is 12.2 Å². The van der Waals surface area contributed by atoms with E-state index in [0.29, 0.717) is 22.6 Å². The topological polar surface area (TPSA) is 78.1 Å². The molecule has 0 fully saturated rings. The number of halogens is 1. The van der Waals surface area contributed by atoms with Crippen LogP contribution in [0.25, 0.3) is 6.08 Å². The lowest BCUT2D eigenvalue weighted by atomic mass is 10.3. The van der Waals surface area contributed by atoms with E-state index in [0.717, 1.165) is 0 Å². The lowest BCUT2D eigenvalue weighted by Gasteiger charge is -2.02. The molecule has 86 valence electrons. The van der Waals surface area contributed by atoms with E-state index in [1.807, 2.05) is 0 Å². The molecule has 0 spiro atoms. The monoisotopic (exact) mass is 285 g/mol. The molecule has 0 bridgehead atoms. The van der Waals surface area contributed by atoms with Crippen LogP contribution in [0, 0.1) is 6.92 Å². The first-order chi connectivity index (χ1) is 7.54. The summed E-state index contributed by atoms with van der Waals surface area (Å²) in [6.07, 6.45) is 2.75. The molecule has 1 aromatic heterocycles. The predicted octanol–water partition coefficient (Wildman–Crippen LogP) is 1.71. The minimum atomic E-state index is -0.430. The Labute approximate surface area is 102 Å². The highest BCUT2D eigenvalue weighted by atomic mass is 79.9. The van der Waals surface area contributed by atoms with Gasteiger partial charge in [0.1, 0.15) is 16.1 Å². The summed E-state index contributed by atoms with van der Waals surface area (Å²) in [7, 11) is 0. The number of aromatic nitrogens is 2. The lowest BCUT2D eigenvalue weighted by molar-refractivity contribution is -0.137. The largest absolute Gasteiger partial charge is 0.463 e. The fourth-order valence-electron chi connectivity index (χ4n) is 0.988. The predicted molar refractivity (Wildman–Crippen MR) is 64.5 cm³/mol. The van der Waals surface area contributed by atoms with Crippen molar-refractivity contribution in [2.45, 2.75) is 13.8 Å². The normalized spacial score (nSPS) is 10.7. The minimum absolute atomic E-state index is 0.279. The van der Waals surface area contributed by atoms with E-state index in [9.17, 15) is 4.79 Å². The summed E-state index contributed by atoms with van der Waals surface area (Å²) < 4.78 is 5.33. The van der Waals surface area contributed by atoms with Gasteiger partial charge in [-0.15, -0.1) is 0 Å². The van der Waals surface area contributed by atoms with E-state index >= 15 is 0 Å². The lowest BCUT2D eigenvalue weighted by Crippen LogP contribution is -2.02. The molecular weight excluding hydrogens is 274 g/mol. The van der Waals surface area contributed by atoms with Crippen LogP contribution in [0.3, 0.4) is 0 Å². The summed E-state index contributed by atoms with van der Waals surface area (Å²) in [5.74, 6) is -0.151. The molecule has 6 heteroatoms. The molecule has 0 aromatic carbocycles. The van der Waals surface area contributed by atoms with Crippen LogP contribution in [0.5, 0.6) is 0 Å². The van der Waals surface area contributed by atoms with Crippen molar-refractivity contribution < 1.29 is 9.53 Å². The number of nitrogen functional groups attached to an aromatic ring is 1. The highest BCUT2D eigenvalue weighted by Crippen LogP contribution is 2.16. The standard InChI is InChI=1S/C10H12BrN3O2/c1-3-16-8(15)5-4-7-10(12)13-6(2)9(11)14-7/h4-5H,3H2,1-2H3,(H2,12,13)/b5-4+. The Morgan fingerprint density at radius 3 is 2.88 bits per heavy atom. The number of anilines is 1. The van der Waals surface area contributed by atoms with E-state index in [4.69, 9.17) is 10.5 Å². The molecule has 1 heterocycles. The van der Waals surface area contributed by atoms with Gasteiger partial charge in [-0.3, -0.25) is 0 Å². The zero-order chi connectivity index (χ0) is 12.1. The fraction of sp³-hybridized carbons (Fsp3) is 0.300. The molecule has 0 saturated carbocycles. The van der Waals surface area contributed by atoms with Crippen molar-refractivity contribution in [1.29, 1.82) is 0 Å². The van der Waals surface area contributed by atoms with E-state index < -0.39 is 5.97 Å². The number of hydrogen-bond acceptors (Lipinski definition) is 5. The van der Waals surface area contributed by atoms with Crippen molar-refractivity contribution >= 4 is 33.8 Å². The third kappa shape index (κ3) is 3.30. The molecule has 2 N–H and O–H groups in total. The van der Waals surface area contributed by atoms with Gasteiger partial charge in [0, 0.05) is 6.08 Å². The second kappa shape index (κ2) is 5.60. The summed E-state index contributed by atoms with van der Waals surface area (Å²) in [5.41, 5.74) is 6.79. The molecule has 5 nitrogen and oxygen atoms in total. The molecule has 0 saturated heterocycles. The maximum Gasteiger partial charge on any atom is 0.330 e. The van der Waals surface area contributed by atoms with Crippen molar-refractivity contribution in [3.8, 4) is 0 Å². The molecule has 1 rings (SSSR count). The average Bonchev–Trinajstić information content (AvgIpc) is 2.22. The highest BCUT2D eigenvalue weighted by molar-refractivity contribution is 9.10. The number of nitrogens with two attached hydrogens (primary N) is 1. The van der Waals surface area contributed by atoms with Gasteiger partial charge in [-0.05, 0) is 35.9 Å². The van der Waals surface area contributed by atoms with Crippen LogP contribution in [-0.4, -0.2) is 22.5 Å². The van der Waals surface area contributed by atoms with Gasteiger partial charge in [0.2, 0.25) is 0 Å². The van der Waals surface area contributed by atoms with Crippen LogP contribution in [0.1, 0.15) is 18.3 Å². The highest BCUT2D eigenvalue weighted by Gasteiger charge is 2.04. The Morgan fingerprint density at radius 1 is 1.56 bits per heavy atom. The molecule has 0 aliphatic rings. The maximum atomic E-state index is 11.1. The number of carbonyl (C=O) groups excluding carboxylic acids is 1. The van der Waals surface area contributed by atoms with E-state index in [2.05, 4.69) is 25.9 Å². The minimum Gasteiger partial charge on any atom is -0.463 e. The number of ether oxygens (including phenoxy) is 1. The Balaban J connectivity index is 2.89. The molecular formula is C10H12BrN3O2. The Bertz CT molecular complexity index is 432. The fourth-order valence-corrected chi connectivity index (χ4v) is 1.27. The zero-order valence-corrected chi connectivity index (χ0v) is 10.6. The molecule has 0 radical (unpaired) electrons. The zero-order valence-electron chi connectivity index (χ0n) is 9.03. The van der Waals surface area contributed by atoms with Gasteiger partial charge >= 0.3 is 5.97 Å². The van der Waals surface area contributed by atoms with Gasteiger partial charge in [0.05, 0.1) is 12.3 Å². The SMILES string of the molecule is CCOC(=O)/C=C/c1nc(Br)c(C)nc1N.